The van der Waals surface area contributed by atoms with Crippen LogP contribution in [-0.4, -0.2) is 98.9 Å². The van der Waals surface area contributed by atoms with Crippen molar-refractivity contribution in [2.75, 3.05) is 19.8 Å². The van der Waals surface area contributed by atoms with Crippen LogP contribution in [0.1, 0.15) is 181 Å². The van der Waals surface area contributed by atoms with Gasteiger partial charge in [0.05, 0.1) is 13.2 Å². The predicted molar refractivity (Wildman–Crippen MR) is 285 cm³/mol. The average Bonchev–Trinajstić information content (AvgIpc) is 3.35. The third-order valence-corrected chi connectivity index (χ3v) is 12.6. The molecule has 400 valence electrons. The van der Waals surface area contributed by atoms with E-state index >= 15 is 0 Å². The lowest BCUT2D eigenvalue weighted by Gasteiger charge is -2.41. The van der Waals surface area contributed by atoms with Gasteiger partial charge >= 0.3 is 13.8 Å². The van der Waals surface area contributed by atoms with Gasteiger partial charge in [-0.1, -0.05) is 187 Å². The number of esters is 1. The number of phosphoric ester groups is 1. The summed E-state index contributed by atoms with van der Waals surface area (Å²) in [5, 5.41) is 50.4. The number of unbranched alkanes of at least 4 members (excludes halogenated alkanes) is 14. The summed E-state index contributed by atoms with van der Waals surface area (Å²) in [5.41, 5.74) is 0. The summed E-state index contributed by atoms with van der Waals surface area (Å²) in [4.78, 5) is 23.3. The van der Waals surface area contributed by atoms with Crippen LogP contribution in [0.4, 0.5) is 0 Å². The fourth-order valence-electron chi connectivity index (χ4n) is 7.49. The quantitative estimate of drug-likeness (QED) is 0.0147. The van der Waals surface area contributed by atoms with Crippen LogP contribution in [0.15, 0.2) is 109 Å². The Hall–Kier alpha value is -3.00. The minimum Gasteiger partial charge on any atom is -0.457 e. The molecule has 1 fully saturated rings. The molecule has 0 radical (unpaired) electrons. The molecule has 6 atom stereocenters. The molecular formula is C57H95O12P. The second-order valence-corrected chi connectivity index (χ2v) is 19.4. The third-order valence-electron chi connectivity index (χ3n) is 11.6. The number of allylic oxidation sites excluding steroid dienone is 18. The maximum atomic E-state index is 12.9. The van der Waals surface area contributed by atoms with E-state index in [1.165, 1.54) is 44.9 Å². The number of phosphoric acid groups is 1. The number of hydrogen-bond donors (Lipinski definition) is 6. The van der Waals surface area contributed by atoms with Crippen LogP contribution >= 0.6 is 7.82 Å². The maximum Gasteiger partial charge on any atom is 0.472 e. The molecule has 1 saturated carbocycles. The molecule has 0 aromatic heterocycles. The zero-order valence-corrected chi connectivity index (χ0v) is 43.9. The number of carbonyl (C=O) groups is 1. The van der Waals surface area contributed by atoms with Crippen LogP contribution in [0.25, 0.3) is 0 Å². The molecule has 1 aliphatic carbocycles. The van der Waals surface area contributed by atoms with E-state index in [0.29, 0.717) is 13.0 Å². The normalized spacial score (nSPS) is 21.8. The van der Waals surface area contributed by atoms with Crippen LogP contribution in [-0.2, 0) is 27.9 Å². The maximum absolute atomic E-state index is 12.9. The number of aliphatic hydroxyl groups excluding tert-OH is 5. The van der Waals surface area contributed by atoms with Crippen molar-refractivity contribution in [3.8, 4) is 0 Å². The summed E-state index contributed by atoms with van der Waals surface area (Å²) in [7, 11) is -5.04. The van der Waals surface area contributed by atoms with Crippen LogP contribution in [0, 0.1) is 0 Å². The molecule has 1 aliphatic rings. The van der Waals surface area contributed by atoms with Crippen molar-refractivity contribution in [1.29, 1.82) is 0 Å². The third kappa shape index (κ3) is 36.8. The minimum absolute atomic E-state index is 0.0996. The zero-order valence-electron chi connectivity index (χ0n) is 43.0. The van der Waals surface area contributed by atoms with Gasteiger partial charge in [-0.3, -0.25) is 13.8 Å². The second kappa shape index (κ2) is 45.8. The first kappa shape index (κ1) is 65.0. The van der Waals surface area contributed by atoms with Gasteiger partial charge in [0.15, 0.2) is 0 Å². The lowest BCUT2D eigenvalue weighted by molar-refractivity contribution is -0.220. The molecule has 0 aliphatic heterocycles. The first-order chi connectivity index (χ1) is 34.0. The number of aliphatic hydroxyl groups is 5. The molecule has 12 nitrogen and oxygen atoms in total. The Balaban J connectivity index is 2.35. The van der Waals surface area contributed by atoms with Crippen LogP contribution in [0.3, 0.4) is 0 Å². The van der Waals surface area contributed by atoms with Crippen molar-refractivity contribution in [1.82, 2.24) is 0 Å². The molecule has 1 rings (SSSR count). The van der Waals surface area contributed by atoms with Crippen molar-refractivity contribution in [3.05, 3.63) is 109 Å². The monoisotopic (exact) mass is 1000 g/mol. The molecule has 0 bridgehead atoms. The van der Waals surface area contributed by atoms with E-state index in [1.54, 1.807) is 0 Å². The molecule has 0 aromatic rings. The molecule has 0 heterocycles. The molecule has 0 amide bonds. The fraction of sp³-hybridized carbons (Fsp3) is 0.667. The van der Waals surface area contributed by atoms with Crippen LogP contribution in [0.2, 0.25) is 0 Å². The summed E-state index contributed by atoms with van der Waals surface area (Å²) >= 11 is 0. The molecular weight excluding hydrogens is 908 g/mol. The minimum atomic E-state index is -5.04. The van der Waals surface area contributed by atoms with Crippen LogP contribution < -0.4 is 0 Å². The standard InChI is InChI=1S/C57H95O12P/c1-3-5-7-9-11-13-15-17-19-21-23-24-25-26-27-29-31-33-35-37-39-41-43-45-47-66-48-50(49-67-70(64,65)69-57-55(62)53(60)52(59)54(61)56(57)63)68-51(58)46-44-42-40-38-36-34-32-30-28-22-20-18-16-14-12-10-8-6-4-2/h5-8,11-14,17-20,23-24,28,30,34,36,50,52-57,59-63H,3-4,9-10,15-16,21-22,25-27,29,31-33,35,37-49H2,1-2H3,(H,64,65)/b7-5-,8-6-,13-11-,14-12-,19-17-,20-18-,24-23-,30-28-,36-34-. The largest absolute Gasteiger partial charge is 0.472 e. The van der Waals surface area contributed by atoms with Crippen molar-refractivity contribution < 1.29 is 58.3 Å². The average molecular weight is 1000 g/mol. The fourth-order valence-corrected chi connectivity index (χ4v) is 8.46. The Labute approximate surface area is 423 Å². The SMILES string of the molecule is CC/C=C\C/C=C\C/C=C\C/C=C\C/C=C\CCCCCC(=O)OC(COCCCCCCCCCCCCC/C=C\C/C=C\C/C=C\C/C=C\CC)COP(=O)(O)OC1C(O)C(O)C(O)C(O)C1O. The molecule has 0 aromatic carbocycles. The van der Waals surface area contributed by atoms with Gasteiger partial charge in [-0.2, -0.15) is 0 Å². The Bertz CT molecular complexity index is 1570. The topological polar surface area (TPSA) is 192 Å². The highest BCUT2D eigenvalue weighted by Gasteiger charge is 2.51. The summed E-state index contributed by atoms with van der Waals surface area (Å²) in [6.07, 6.45) is 52.9. The number of rotatable bonds is 44. The van der Waals surface area contributed by atoms with Gasteiger partial charge in [-0.05, 0) is 96.3 Å². The Morgan fingerprint density at radius 1 is 0.457 bits per heavy atom. The molecule has 6 unspecified atom stereocenters. The first-order valence-electron chi connectivity index (χ1n) is 26.7. The number of carbonyl (C=O) groups excluding carboxylic acids is 1. The number of hydrogen-bond acceptors (Lipinski definition) is 11. The molecule has 70 heavy (non-hydrogen) atoms. The van der Waals surface area contributed by atoms with Crippen molar-refractivity contribution in [3.63, 3.8) is 0 Å². The van der Waals surface area contributed by atoms with E-state index < -0.39 is 63.1 Å². The first-order valence-corrected chi connectivity index (χ1v) is 28.2. The molecule has 13 heteroatoms. The van der Waals surface area contributed by atoms with E-state index in [0.717, 1.165) is 109 Å². The summed E-state index contributed by atoms with van der Waals surface area (Å²) in [6.45, 7) is 3.99. The van der Waals surface area contributed by atoms with E-state index in [1.807, 2.05) is 0 Å². The summed E-state index contributed by atoms with van der Waals surface area (Å²) in [6, 6.07) is 0. The molecule has 6 N–H and O–H groups in total. The van der Waals surface area contributed by atoms with Gasteiger partial charge in [0, 0.05) is 13.0 Å². The smallest absolute Gasteiger partial charge is 0.457 e. The van der Waals surface area contributed by atoms with Crippen LogP contribution in [0.5, 0.6) is 0 Å². The van der Waals surface area contributed by atoms with Gasteiger partial charge in [-0.25, -0.2) is 4.57 Å². The second-order valence-electron chi connectivity index (χ2n) is 18.0. The molecule has 0 spiro atoms. The Kier molecular flexibility index (Phi) is 42.6. The van der Waals surface area contributed by atoms with Crippen molar-refractivity contribution in [2.24, 2.45) is 0 Å². The lowest BCUT2D eigenvalue weighted by atomic mass is 9.85. The Morgan fingerprint density at radius 3 is 1.21 bits per heavy atom. The van der Waals surface area contributed by atoms with E-state index in [4.69, 9.17) is 18.5 Å². The lowest BCUT2D eigenvalue weighted by Crippen LogP contribution is -2.64. The van der Waals surface area contributed by atoms with Gasteiger partial charge in [0.2, 0.25) is 0 Å². The Morgan fingerprint density at radius 2 is 0.800 bits per heavy atom. The van der Waals surface area contributed by atoms with E-state index in [-0.39, 0.29) is 13.0 Å². The zero-order chi connectivity index (χ0) is 51.2. The summed E-state index contributed by atoms with van der Waals surface area (Å²) < 4.78 is 34.3. The van der Waals surface area contributed by atoms with Gasteiger partial charge in [0.1, 0.15) is 42.7 Å². The highest BCUT2D eigenvalue weighted by molar-refractivity contribution is 7.47. The van der Waals surface area contributed by atoms with Gasteiger partial charge < -0.3 is 39.9 Å². The highest BCUT2D eigenvalue weighted by atomic mass is 31.2. The highest BCUT2D eigenvalue weighted by Crippen LogP contribution is 2.47. The van der Waals surface area contributed by atoms with E-state index in [9.17, 15) is 39.8 Å². The number of ether oxygens (including phenoxy) is 2. The van der Waals surface area contributed by atoms with Crippen molar-refractivity contribution >= 4 is 13.8 Å². The van der Waals surface area contributed by atoms with E-state index in [2.05, 4.69) is 123 Å². The van der Waals surface area contributed by atoms with Crippen molar-refractivity contribution in [2.45, 2.75) is 224 Å². The molecule has 0 saturated heterocycles. The predicted octanol–water partition coefficient (Wildman–Crippen LogP) is 12.4. The van der Waals surface area contributed by atoms with Gasteiger partial charge in [-0.15, -0.1) is 0 Å². The summed E-state index contributed by atoms with van der Waals surface area (Å²) in [5.74, 6) is -0.513. The van der Waals surface area contributed by atoms with Gasteiger partial charge in [0.25, 0.3) is 0 Å².